The molecule has 0 spiro atoms. The Morgan fingerprint density at radius 3 is 2.89 bits per heavy atom. The first kappa shape index (κ1) is 13.5. The van der Waals surface area contributed by atoms with E-state index in [1.165, 1.54) is 11.3 Å². The number of piperidine rings is 1. The number of aryl methyl sites for hydroxylation is 1. The van der Waals surface area contributed by atoms with Crippen LogP contribution in [0.4, 0.5) is 0 Å². The van der Waals surface area contributed by atoms with Crippen LogP contribution < -0.4 is 0 Å². The zero-order valence-corrected chi connectivity index (χ0v) is 11.6. The lowest BCUT2D eigenvalue weighted by Gasteiger charge is -2.36. The number of carboxylic acids is 1. The van der Waals surface area contributed by atoms with Gasteiger partial charge in [0.1, 0.15) is 4.88 Å². The van der Waals surface area contributed by atoms with Crippen LogP contribution in [0.15, 0.2) is 6.07 Å². The van der Waals surface area contributed by atoms with E-state index in [2.05, 4.69) is 4.90 Å². The molecule has 1 atom stereocenters. The average Bonchev–Trinajstić information content (AvgIpc) is 2.59. The fourth-order valence-electron chi connectivity index (χ4n) is 2.48. The standard InChI is InChI=1S/C13H19NO3S/c1-9-10(6-11(18-9)12(15)16)7-14-5-3-4-13(2,17)8-14/h6,17H,3-5,7-8H2,1-2H3,(H,15,16). The molecular formula is C13H19NO3S. The molecule has 2 N–H and O–H groups in total. The summed E-state index contributed by atoms with van der Waals surface area (Å²) in [6.07, 6.45) is 1.83. The number of thiophene rings is 1. The summed E-state index contributed by atoms with van der Waals surface area (Å²) >= 11 is 1.32. The highest BCUT2D eigenvalue weighted by molar-refractivity contribution is 7.14. The fourth-order valence-corrected chi connectivity index (χ4v) is 3.35. The van der Waals surface area contributed by atoms with Crippen LogP contribution in [0.3, 0.4) is 0 Å². The zero-order chi connectivity index (χ0) is 13.3. The van der Waals surface area contributed by atoms with Crippen molar-refractivity contribution in [2.45, 2.75) is 38.8 Å². The van der Waals surface area contributed by atoms with Crippen molar-refractivity contribution in [3.05, 3.63) is 21.4 Å². The van der Waals surface area contributed by atoms with Crippen LogP contribution in [0.5, 0.6) is 0 Å². The Balaban J connectivity index is 2.07. The number of nitrogens with zero attached hydrogens (tertiary/aromatic N) is 1. The van der Waals surface area contributed by atoms with Crippen molar-refractivity contribution in [2.24, 2.45) is 0 Å². The van der Waals surface area contributed by atoms with E-state index >= 15 is 0 Å². The second kappa shape index (κ2) is 4.99. The molecule has 0 radical (unpaired) electrons. The second-order valence-electron chi connectivity index (χ2n) is 5.31. The van der Waals surface area contributed by atoms with Crippen LogP contribution in [0.25, 0.3) is 0 Å². The molecule has 1 aliphatic heterocycles. The number of aromatic carboxylic acids is 1. The van der Waals surface area contributed by atoms with Crippen LogP contribution in [0.1, 0.15) is 39.9 Å². The van der Waals surface area contributed by atoms with Gasteiger partial charge in [-0.15, -0.1) is 11.3 Å². The second-order valence-corrected chi connectivity index (χ2v) is 6.56. The molecule has 4 nitrogen and oxygen atoms in total. The lowest BCUT2D eigenvalue weighted by molar-refractivity contribution is -0.0181. The third-order valence-corrected chi connectivity index (χ3v) is 4.46. The molecule has 100 valence electrons. The summed E-state index contributed by atoms with van der Waals surface area (Å²) < 4.78 is 0. The Kier molecular flexibility index (Phi) is 3.75. The topological polar surface area (TPSA) is 60.8 Å². The quantitative estimate of drug-likeness (QED) is 0.882. The van der Waals surface area contributed by atoms with E-state index in [0.717, 1.165) is 36.4 Å². The molecular weight excluding hydrogens is 250 g/mol. The molecule has 2 rings (SSSR count). The van der Waals surface area contributed by atoms with Gasteiger partial charge < -0.3 is 10.2 Å². The van der Waals surface area contributed by atoms with Gasteiger partial charge in [0.2, 0.25) is 0 Å². The van der Waals surface area contributed by atoms with Gasteiger partial charge in [-0.1, -0.05) is 0 Å². The van der Waals surface area contributed by atoms with Gasteiger partial charge in [-0.25, -0.2) is 4.79 Å². The maximum atomic E-state index is 10.9. The number of likely N-dealkylation sites (tertiary alicyclic amines) is 1. The predicted octanol–water partition coefficient (Wildman–Crippen LogP) is 2.10. The van der Waals surface area contributed by atoms with Crippen LogP contribution in [0, 0.1) is 6.92 Å². The highest BCUT2D eigenvalue weighted by atomic mass is 32.1. The van der Waals surface area contributed by atoms with Crippen molar-refractivity contribution in [3.8, 4) is 0 Å². The summed E-state index contributed by atoms with van der Waals surface area (Å²) in [5.41, 5.74) is 0.452. The monoisotopic (exact) mass is 269 g/mol. The van der Waals surface area contributed by atoms with Gasteiger partial charge in [-0.2, -0.15) is 0 Å². The number of carbonyl (C=O) groups is 1. The molecule has 0 saturated carbocycles. The van der Waals surface area contributed by atoms with Crippen molar-refractivity contribution in [3.63, 3.8) is 0 Å². The first-order chi connectivity index (χ1) is 8.37. The summed E-state index contributed by atoms with van der Waals surface area (Å²) in [5.74, 6) is -0.861. The summed E-state index contributed by atoms with van der Waals surface area (Å²) in [6.45, 7) is 6.17. The van der Waals surface area contributed by atoms with Crippen molar-refractivity contribution in [1.82, 2.24) is 4.90 Å². The third kappa shape index (κ3) is 3.10. The van der Waals surface area contributed by atoms with Gasteiger partial charge in [0.25, 0.3) is 0 Å². The lowest BCUT2D eigenvalue weighted by Crippen LogP contribution is -2.45. The number of hydrogen-bond acceptors (Lipinski definition) is 4. The molecule has 1 unspecified atom stereocenters. The number of rotatable bonds is 3. The molecule has 0 aromatic carbocycles. The minimum absolute atomic E-state index is 0.395. The molecule has 2 heterocycles. The molecule has 1 fully saturated rings. The van der Waals surface area contributed by atoms with Gasteiger partial charge in [0.15, 0.2) is 0 Å². The minimum Gasteiger partial charge on any atom is -0.477 e. The van der Waals surface area contributed by atoms with Crippen molar-refractivity contribution in [2.75, 3.05) is 13.1 Å². The first-order valence-corrected chi connectivity index (χ1v) is 6.96. The normalized spacial score (nSPS) is 25.3. The van der Waals surface area contributed by atoms with E-state index in [9.17, 15) is 9.90 Å². The van der Waals surface area contributed by atoms with Gasteiger partial charge in [-0.3, -0.25) is 4.90 Å². The molecule has 0 aliphatic carbocycles. The van der Waals surface area contributed by atoms with Gasteiger partial charge in [0, 0.05) is 18.0 Å². The van der Waals surface area contributed by atoms with E-state index < -0.39 is 11.6 Å². The molecule has 1 saturated heterocycles. The van der Waals surface area contributed by atoms with Gasteiger partial charge >= 0.3 is 5.97 Å². The van der Waals surface area contributed by atoms with Gasteiger partial charge in [-0.05, 0) is 44.9 Å². The van der Waals surface area contributed by atoms with E-state index in [0.29, 0.717) is 11.4 Å². The summed E-state index contributed by atoms with van der Waals surface area (Å²) in [6, 6.07) is 1.76. The summed E-state index contributed by atoms with van der Waals surface area (Å²) in [4.78, 5) is 14.6. The van der Waals surface area contributed by atoms with Crippen LogP contribution >= 0.6 is 11.3 Å². The largest absolute Gasteiger partial charge is 0.477 e. The summed E-state index contributed by atoms with van der Waals surface area (Å²) in [5, 5.41) is 19.0. The van der Waals surface area contributed by atoms with Gasteiger partial charge in [0.05, 0.1) is 5.60 Å². The highest BCUT2D eigenvalue weighted by Gasteiger charge is 2.28. The number of β-amino-alcohol motifs (C(OH)–C–C–N with tert-alkyl or cyclic N) is 1. The summed E-state index contributed by atoms with van der Waals surface area (Å²) in [7, 11) is 0. The van der Waals surface area contributed by atoms with Crippen LogP contribution in [-0.4, -0.2) is 39.8 Å². The molecule has 18 heavy (non-hydrogen) atoms. The number of aliphatic hydroxyl groups is 1. The predicted molar refractivity (Wildman–Crippen MR) is 71.2 cm³/mol. The molecule has 5 heteroatoms. The Morgan fingerprint density at radius 1 is 1.61 bits per heavy atom. The van der Waals surface area contributed by atoms with E-state index in [4.69, 9.17) is 5.11 Å². The highest BCUT2D eigenvalue weighted by Crippen LogP contribution is 2.26. The third-order valence-electron chi connectivity index (χ3n) is 3.38. The molecule has 1 aromatic heterocycles. The van der Waals surface area contributed by atoms with Crippen molar-refractivity contribution in [1.29, 1.82) is 0 Å². The maximum Gasteiger partial charge on any atom is 0.345 e. The average molecular weight is 269 g/mol. The number of carboxylic acid groups (broad SMARTS) is 1. The van der Waals surface area contributed by atoms with E-state index in [1.807, 2.05) is 13.8 Å². The Hall–Kier alpha value is -0.910. The van der Waals surface area contributed by atoms with E-state index in [-0.39, 0.29) is 0 Å². The SMILES string of the molecule is Cc1sc(C(=O)O)cc1CN1CCCC(C)(O)C1. The first-order valence-electron chi connectivity index (χ1n) is 6.15. The van der Waals surface area contributed by atoms with E-state index in [1.54, 1.807) is 6.07 Å². The molecule has 0 bridgehead atoms. The Morgan fingerprint density at radius 2 is 2.33 bits per heavy atom. The molecule has 1 aliphatic rings. The number of hydrogen-bond donors (Lipinski definition) is 2. The van der Waals surface area contributed by atoms with Crippen molar-refractivity contribution < 1.29 is 15.0 Å². The Bertz CT molecular complexity index is 453. The zero-order valence-electron chi connectivity index (χ0n) is 10.8. The molecule has 1 aromatic rings. The lowest BCUT2D eigenvalue weighted by atomic mass is 9.95. The Labute approximate surface area is 111 Å². The minimum atomic E-state index is -0.861. The van der Waals surface area contributed by atoms with Crippen LogP contribution in [0.2, 0.25) is 0 Å². The molecule has 0 amide bonds. The van der Waals surface area contributed by atoms with Crippen molar-refractivity contribution >= 4 is 17.3 Å². The fraction of sp³-hybridized carbons (Fsp3) is 0.615. The maximum absolute atomic E-state index is 10.9. The smallest absolute Gasteiger partial charge is 0.345 e. The van der Waals surface area contributed by atoms with Crippen LogP contribution in [-0.2, 0) is 6.54 Å².